The topological polar surface area (TPSA) is 71.5 Å². The highest BCUT2D eigenvalue weighted by molar-refractivity contribution is 7.89. The van der Waals surface area contributed by atoms with Crippen molar-refractivity contribution in [3.05, 3.63) is 18.3 Å². The summed E-state index contributed by atoms with van der Waals surface area (Å²) in [6, 6.07) is 3.38. The van der Waals surface area contributed by atoms with Crippen LogP contribution < -0.4 is 10.1 Å². The zero-order chi connectivity index (χ0) is 14.2. The van der Waals surface area contributed by atoms with E-state index in [0.29, 0.717) is 5.88 Å². The van der Waals surface area contributed by atoms with Crippen LogP contribution in [0.3, 0.4) is 0 Å². The van der Waals surface area contributed by atoms with Crippen molar-refractivity contribution >= 4 is 10.0 Å². The number of hydrogen-bond donors (Lipinski definition) is 1. The number of nitrogens with one attached hydrogen (secondary N) is 1. The van der Waals surface area contributed by atoms with Crippen LogP contribution in [0.1, 0.15) is 19.3 Å². The van der Waals surface area contributed by atoms with Gasteiger partial charge in [-0.05, 0) is 31.9 Å². The molecule has 1 aliphatic carbocycles. The SMILES string of the molecule is COc1ccc(S(=O)(=O)N(C2CC2)C2CCNC2)cn1. The molecule has 2 fully saturated rings. The number of ether oxygens (including phenoxy) is 1. The van der Waals surface area contributed by atoms with Gasteiger partial charge in [-0.1, -0.05) is 0 Å². The standard InChI is InChI=1S/C13H19N3O3S/c1-19-13-5-4-12(9-15-13)20(17,18)16(10-2-3-10)11-6-7-14-8-11/h4-5,9-11,14H,2-3,6-8H2,1H3. The van der Waals surface area contributed by atoms with E-state index >= 15 is 0 Å². The first-order valence-electron chi connectivity index (χ1n) is 6.87. The monoisotopic (exact) mass is 297 g/mol. The molecule has 1 aromatic heterocycles. The second-order valence-electron chi connectivity index (χ2n) is 5.25. The molecule has 1 aromatic rings. The third kappa shape index (κ3) is 2.53. The van der Waals surface area contributed by atoms with Crippen LogP contribution in [-0.2, 0) is 10.0 Å². The summed E-state index contributed by atoms with van der Waals surface area (Å²) in [5, 5.41) is 3.24. The summed E-state index contributed by atoms with van der Waals surface area (Å²) in [6.45, 7) is 1.61. The first-order valence-corrected chi connectivity index (χ1v) is 8.31. The molecule has 0 radical (unpaired) electrons. The van der Waals surface area contributed by atoms with Crippen molar-refractivity contribution in [2.24, 2.45) is 0 Å². The van der Waals surface area contributed by atoms with E-state index in [0.717, 1.165) is 32.4 Å². The van der Waals surface area contributed by atoms with Gasteiger partial charge in [0.05, 0.1) is 13.3 Å². The third-order valence-electron chi connectivity index (χ3n) is 3.79. The van der Waals surface area contributed by atoms with Gasteiger partial charge in [-0.3, -0.25) is 0 Å². The number of rotatable bonds is 5. The molecule has 3 rings (SSSR count). The molecule has 1 N–H and O–H groups in total. The highest BCUT2D eigenvalue weighted by atomic mass is 32.2. The predicted molar refractivity (Wildman–Crippen MR) is 74.1 cm³/mol. The Morgan fingerprint density at radius 1 is 1.30 bits per heavy atom. The number of nitrogens with zero attached hydrogens (tertiary/aromatic N) is 2. The van der Waals surface area contributed by atoms with Crippen LogP contribution in [0, 0.1) is 0 Å². The molecule has 0 amide bonds. The van der Waals surface area contributed by atoms with E-state index in [9.17, 15) is 8.42 Å². The van der Waals surface area contributed by atoms with Gasteiger partial charge in [0.1, 0.15) is 4.90 Å². The Hall–Kier alpha value is -1.18. The first kappa shape index (κ1) is 13.8. The van der Waals surface area contributed by atoms with E-state index in [1.807, 2.05) is 0 Å². The Kier molecular flexibility index (Phi) is 3.66. The van der Waals surface area contributed by atoms with Crippen LogP contribution in [0.5, 0.6) is 5.88 Å². The van der Waals surface area contributed by atoms with Crippen molar-refractivity contribution < 1.29 is 13.2 Å². The van der Waals surface area contributed by atoms with Crippen LogP contribution in [0.25, 0.3) is 0 Å². The zero-order valence-electron chi connectivity index (χ0n) is 11.4. The minimum Gasteiger partial charge on any atom is -0.481 e. The molecule has 1 saturated heterocycles. The quantitative estimate of drug-likeness (QED) is 0.862. The van der Waals surface area contributed by atoms with Crippen LogP contribution >= 0.6 is 0 Å². The van der Waals surface area contributed by atoms with Crippen molar-refractivity contribution in [1.82, 2.24) is 14.6 Å². The van der Waals surface area contributed by atoms with Gasteiger partial charge in [0, 0.05) is 24.7 Å². The van der Waals surface area contributed by atoms with E-state index in [1.54, 1.807) is 16.4 Å². The highest BCUT2D eigenvalue weighted by Crippen LogP contribution is 2.35. The van der Waals surface area contributed by atoms with E-state index in [-0.39, 0.29) is 17.0 Å². The Morgan fingerprint density at radius 2 is 2.10 bits per heavy atom. The van der Waals surface area contributed by atoms with Crippen LogP contribution in [0.4, 0.5) is 0 Å². The highest BCUT2D eigenvalue weighted by Gasteiger charge is 2.43. The number of aromatic nitrogens is 1. The summed E-state index contributed by atoms with van der Waals surface area (Å²) in [5.41, 5.74) is 0. The molecule has 1 unspecified atom stereocenters. The van der Waals surface area contributed by atoms with Crippen LogP contribution in [0.15, 0.2) is 23.2 Å². The van der Waals surface area contributed by atoms with E-state index in [2.05, 4.69) is 10.3 Å². The van der Waals surface area contributed by atoms with Crippen molar-refractivity contribution in [2.45, 2.75) is 36.2 Å². The number of hydrogen-bond acceptors (Lipinski definition) is 5. The Balaban J connectivity index is 1.90. The molecule has 20 heavy (non-hydrogen) atoms. The zero-order valence-corrected chi connectivity index (χ0v) is 12.3. The lowest BCUT2D eigenvalue weighted by molar-refractivity contribution is 0.326. The fourth-order valence-electron chi connectivity index (χ4n) is 2.64. The lowest BCUT2D eigenvalue weighted by atomic mass is 10.2. The predicted octanol–water partition coefficient (Wildman–Crippen LogP) is 0.605. The Bertz CT molecular complexity index is 563. The maximum Gasteiger partial charge on any atom is 0.245 e. The molecule has 0 spiro atoms. The average Bonchev–Trinajstić information content (AvgIpc) is 3.13. The normalized spacial score (nSPS) is 23.2. The molecule has 2 heterocycles. The van der Waals surface area contributed by atoms with Gasteiger partial charge in [-0.25, -0.2) is 13.4 Å². The number of pyridine rings is 1. The van der Waals surface area contributed by atoms with Crippen molar-refractivity contribution in [3.8, 4) is 5.88 Å². The lowest BCUT2D eigenvalue weighted by Crippen LogP contribution is -2.43. The third-order valence-corrected chi connectivity index (χ3v) is 5.78. The second-order valence-corrected chi connectivity index (χ2v) is 7.09. The molecule has 110 valence electrons. The van der Waals surface area contributed by atoms with E-state index in [4.69, 9.17) is 4.74 Å². The smallest absolute Gasteiger partial charge is 0.245 e. The molecule has 1 aliphatic heterocycles. The molecule has 6 nitrogen and oxygen atoms in total. The molecule has 2 aliphatic rings. The summed E-state index contributed by atoms with van der Waals surface area (Å²) in [5.74, 6) is 0.421. The molecule has 1 saturated carbocycles. The van der Waals surface area contributed by atoms with Gasteiger partial charge in [-0.2, -0.15) is 4.31 Å². The fraction of sp³-hybridized carbons (Fsp3) is 0.615. The number of sulfonamides is 1. The van der Waals surface area contributed by atoms with Crippen LogP contribution in [-0.4, -0.2) is 50.0 Å². The largest absolute Gasteiger partial charge is 0.481 e. The minimum atomic E-state index is -3.47. The van der Waals surface area contributed by atoms with Crippen molar-refractivity contribution in [3.63, 3.8) is 0 Å². The first-order chi connectivity index (χ1) is 9.63. The van der Waals surface area contributed by atoms with Crippen molar-refractivity contribution in [2.75, 3.05) is 20.2 Å². The molecular formula is C13H19N3O3S. The van der Waals surface area contributed by atoms with Gasteiger partial charge in [0.25, 0.3) is 0 Å². The molecular weight excluding hydrogens is 278 g/mol. The van der Waals surface area contributed by atoms with Gasteiger partial charge >= 0.3 is 0 Å². The molecule has 1 atom stereocenters. The van der Waals surface area contributed by atoms with Gasteiger partial charge < -0.3 is 10.1 Å². The lowest BCUT2D eigenvalue weighted by Gasteiger charge is -2.27. The summed E-state index contributed by atoms with van der Waals surface area (Å²) < 4.78 is 32.3. The van der Waals surface area contributed by atoms with E-state index < -0.39 is 10.0 Å². The maximum absolute atomic E-state index is 12.8. The summed E-state index contributed by atoms with van der Waals surface area (Å²) in [4.78, 5) is 4.26. The molecule has 7 heteroatoms. The van der Waals surface area contributed by atoms with E-state index in [1.165, 1.54) is 13.3 Å². The number of methoxy groups -OCH3 is 1. The molecule has 0 aromatic carbocycles. The molecule has 0 bridgehead atoms. The van der Waals surface area contributed by atoms with Gasteiger partial charge in [-0.15, -0.1) is 0 Å². The minimum absolute atomic E-state index is 0.0644. The summed E-state index contributed by atoms with van der Waals surface area (Å²) in [6.07, 6.45) is 4.17. The van der Waals surface area contributed by atoms with Crippen molar-refractivity contribution in [1.29, 1.82) is 0 Å². The summed E-state index contributed by atoms with van der Waals surface area (Å²) in [7, 11) is -1.96. The summed E-state index contributed by atoms with van der Waals surface area (Å²) >= 11 is 0. The Labute approximate surface area is 119 Å². The average molecular weight is 297 g/mol. The van der Waals surface area contributed by atoms with Gasteiger partial charge in [0.2, 0.25) is 15.9 Å². The van der Waals surface area contributed by atoms with Gasteiger partial charge in [0.15, 0.2) is 0 Å². The maximum atomic E-state index is 12.8. The second kappa shape index (κ2) is 5.31. The Morgan fingerprint density at radius 3 is 2.60 bits per heavy atom. The fourth-order valence-corrected chi connectivity index (χ4v) is 4.48. The van der Waals surface area contributed by atoms with Crippen LogP contribution in [0.2, 0.25) is 0 Å².